The zero-order valence-electron chi connectivity index (χ0n) is 11.6. The SMILES string of the molecule is Cc1nn([C@@H]2CCS(=O)(=O)C2)c(Cl)c1CNCC1CC1. The summed E-state index contributed by atoms with van der Waals surface area (Å²) >= 11 is 6.40. The zero-order valence-corrected chi connectivity index (χ0v) is 13.2. The lowest BCUT2D eigenvalue weighted by atomic mass is 10.2. The average Bonchev–Trinajstić information content (AvgIpc) is 3.07. The standard InChI is InChI=1S/C13H20ClN3O2S/c1-9-12(7-15-6-10-2-3-10)13(14)17(16-9)11-4-5-20(18,19)8-11/h10-11,15H,2-8H2,1H3/t11-/m1/s1. The molecular formula is C13H20ClN3O2S. The smallest absolute Gasteiger partial charge is 0.152 e. The van der Waals surface area contributed by atoms with Crippen molar-refractivity contribution in [2.45, 2.75) is 38.8 Å². The lowest BCUT2D eigenvalue weighted by molar-refractivity contribution is 0.497. The van der Waals surface area contributed by atoms with E-state index in [0.29, 0.717) is 18.1 Å². The van der Waals surface area contributed by atoms with E-state index in [9.17, 15) is 8.42 Å². The topological polar surface area (TPSA) is 64.0 Å². The predicted molar refractivity (Wildman–Crippen MR) is 78.7 cm³/mol. The highest BCUT2D eigenvalue weighted by Crippen LogP contribution is 2.30. The van der Waals surface area contributed by atoms with Crippen LogP contribution in [0.5, 0.6) is 0 Å². The van der Waals surface area contributed by atoms with Crippen LogP contribution in [0.2, 0.25) is 5.15 Å². The molecule has 1 aliphatic carbocycles. The second kappa shape index (κ2) is 5.31. The fourth-order valence-corrected chi connectivity index (χ4v) is 4.76. The Hall–Kier alpha value is -0.590. The normalized spacial score (nSPS) is 25.2. The van der Waals surface area contributed by atoms with Crippen molar-refractivity contribution >= 4 is 21.4 Å². The molecule has 1 aliphatic heterocycles. The summed E-state index contributed by atoms with van der Waals surface area (Å²) in [6, 6.07) is -0.108. The Balaban J connectivity index is 1.72. The van der Waals surface area contributed by atoms with Crippen LogP contribution in [-0.2, 0) is 16.4 Å². The van der Waals surface area contributed by atoms with Crippen molar-refractivity contribution in [2.75, 3.05) is 18.1 Å². The summed E-state index contributed by atoms with van der Waals surface area (Å²) in [5.74, 6) is 1.22. The minimum absolute atomic E-state index is 0.108. The molecule has 1 saturated carbocycles. The van der Waals surface area contributed by atoms with Gasteiger partial charge in [-0.1, -0.05) is 11.6 Å². The van der Waals surface area contributed by atoms with Gasteiger partial charge in [0, 0.05) is 12.1 Å². The second-order valence-corrected chi connectivity index (χ2v) is 8.52. The van der Waals surface area contributed by atoms with Crippen LogP contribution in [0.1, 0.15) is 36.6 Å². The quantitative estimate of drug-likeness (QED) is 0.898. The highest BCUT2D eigenvalue weighted by molar-refractivity contribution is 7.91. The summed E-state index contributed by atoms with van der Waals surface area (Å²) < 4.78 is 24.9. The minimum Gasteiger partial charge on any atom is -0.312 e. The fourth-order valence-electron chi connectivity index (χ4n) is 2.69. The molecule has 1 aromatic rings. The minimum atomic E-state index is -2.92. The molecule has 7 heteroatoms. The molecule has 2 heterocycles. The van der Waals surface area contributed by atoms with Gasteiger partial charge in [0.2, 0.25) is 0 Å². The van der Waals surface area contributed by atoms with Crippen molar-refractivity contribution in [1.29, 1.82) is 0 Å². The molecule has 1 saturated heterocycles. The summed E-state index contributed by atoms with van der Waals surface area (Å²) in [5, 5.41) is 8.45. The monoisotopic (exact) mass is 317 g/mol. The maximum atomic E-state index is 11.6. The molecule has 0 aromatic carbocycles. The van der Waals surface area contributed by atoms with Crippen LogP contribution in [0.25, 0.3) is 0 Å². The van der Waals surface area contributed by atoms with Crippen LogP contribution < -0.4 is 5.32 Å². The van der Waals surface area contributed by atoms with E-state index in [-0.39, 0.29) is 17.5 Å². The van der Waals surface area contributed by atoms with E-state index in [1.807, 2.05) is 6.92 Å². The van der Waals surface area contributed by atoms with Gasteiger partial charge in [0.25, 0.3) is 0 Å². The average molecular weight is 318 g/mol. The van der Waals surface area contributed by atoms with Crippen molar-refractivity contribution in [2.24, 2.45) is 5.92 Å². The largest absolute Gasteiger partial charge is 0.312 e. The molecule has 1 atom stereocenters. The Labute approximate surface area is 124 Å². The van der Waals surface area contributed by atoms with Gasteiger partial charge < -0.3 is 5.32 Å². The molecule has 0 bridgehead atoms. The lowest BCUT2D eigenvalue weighted by Crippen LogP contribution is -2.17. The number of hydrogen-bond donors (Lipinski definition) is 1. The van der Waals surface area contributed by atoms with Gasteiger partial charge in [0.1, 0.15) is 5.15 Å². The van der Waals surface area contributed by atoms with E-state index in [1.54, 1.807) is 4.68 Å². The van der Waals surface area contributed by atoms with Crippen LogP contribution in [0.4, 0.5) is 0 Å². The summed E-state index contributed by atoms with van der Waals surface area (Å²) in [6.07, 6.45) is 3.25. The first kappa shape index (κ1) is 14.4. The first-order chi connectivity index (χ1) is 9.46. The van der Waals surface area contributed by atoms with Crippen molar-refractivity contribution in [3.63, 3.8) is 0 Å². The van der Waals surface area contributed by atoms with Crippen LogP contribution >= 0.6 is 11.6 Å². The van der Waals surface area contributed by atoms with E-state index in [4.69, 9.17) is 11.6 Å². The summed E-state index contributed by atoms with van der Waals surface area (Å²) in [4.78, 5) is 0. The van der Waals surface area contributed by atoms with Gasteiger partial charge in [-0.3, -0.25) is 0 Å². The molecule has 0 radical (unpaired) electrons. The van der Waals surface area contributed by atoms with Crippen LogP contribution in [0.15, 0.2) is 0 Å². The van der Waals surface area contributed by atoms with E-state index < -0.39 is 9.84 Å². The van der Waals surface area contributed by atoms with Gasteiger partial charge in [0.15, 0.2) is 9.84 Å². The Kier molecular flexibility index (Phi) is 3.81. The maximum Gasteiger partial charge on any atom is 0.152 e. The summed E-state index contributed by atoms with van der Waals surface area (Å²) in [6.45, 7) is 3.67. The van der Waals surface area contributed by atoms with Gasteiger partial charge >= 0.3 is 0 Å². The van der Waals surface area contributed by atoms with Gasteiger partial charge in [0.05, 0.1) is 23.2 Å². The number of sulfone groups is 1. The Morgan fingerprint density at radius 3 is 2.75 bits per heavy atom. The molecule has 1 N–H and O–H groups in total. The summed E-state index contributed by atoms with van der Waals surface area (Å²) in [7, 11) is -2.92. The van der Waals surface area contributed by atoms with Crippen LogP contribution in [0, 0.1) is 12.8 Å². The van der Waals surface area contributed by atoms with E-state index in [0.717, 1.165) is 23.7 Å². The van der Waals surface area contributed by atoms with Gasteiger partial charge in [-0.2, -0.15) is 5.10 Å². The predicted octanol–water partition coefficient (Wildman–Crippen LogP) is 1.70. The fraction of sp³-hybridized carbons (Fsp3) is 0.769. The Bertz CT molecular complexity index is 607. The Morgan fingerprint density at radius 1 is 1.40 bits per heavy atom. The third-order valence-corrected chi connectivity index (χ3v) is 6.28. The molecule has 2 fully saturated rings. The molecule has 20 heavy (non-hydrogen) atoms. The number of nitrogens with one attached hydrogen (secondary N) is 1. The van der Waals surface area contributed by atoms with Gasteiger partial charge in [-0.25, -0.2) is 13.1 Å². The van der Waals surface area contributed by atoms with Crippen molar-refractivity contribution in [3.05, 3.63) is 16.4 Å². The first-order valence-electron chi connectivity index (χ1n) is 7.11. The zero-order chi connectivity index (χ0) is 14.3. The molecule has 0 spiro atoms. The van der Waals surface area contributed by atoms with E-state index >= 15 is 0 Å². The number of halogens is 1. The highest BCUT2D eigenvalue weighted by atomic mass is 35.5. The van der Waals surface area contributed by atoms with E-state index in [2.05, 4.69) is 10.4 Å². The van der Waals surface area contributed by atoms with Gasteiger partial charge in [-0.05, 0) is 38.6 Å². The highest BCUT2D eigenvalue weighted by Gasteiger charge is 2.32. The van der Waals surface area contributed by atoms with Crippen LogP contribution in [0.3, 0.4) is 0 Å². The molecule has 2 aliphatic rings. The summed E-state index contributed by atoms with van der Waals surface area (Å²) in [5.41, 5.74) is 1.89. The van der Waals surface area contributed by atoms with Crippen LogP contribution in [-0.4, -0.2) is 36.2 Å². The number of nitrogens with zero attached hydrogens (tertiary/aromatic N) is 2. The molecule has 1 aromatic heterocycles. The molecule has 3 rings (SSSR count). The van der Waals surface area contributed by atoms with E-state index in [1.165, 1.54) is 12.8 Å². The second-order valence-electron chi connectivity index (χ2n) is 5.93. The van der Waals surface area contributed by atoms with Gasteiger partial charge in [-0.15, -0.1) is 0 Å². The number of aryl methyl sites for hydroxylation is 1. The molecule has 5 nitrogen and oxygen atoms in total. The third-order valence-electron chi connectivity index (χ3n) is 4.13. The van der Waals surface area contributed by atoms with Crippen molar-refractivity contribution in [3.8, 4) is 0 Å². The molecule has 0 amide bonds. The number of hydrogen-bond acceptors (Lipinski definition) is 4. The number of aromatic nitrogens is 2. The third kappa shape index (κ3) is 3.02. The molecule has 0 unspecified atom stereocenters. The first-order valence-corrected chi connectivity index (χ1v) is 9.31. The molecular weight excluding hydrogens is 298 g/mol. The molecule has 112 valence electrons. The van der Waals surface area contributed by atoms with Crippen molar-refractivity contribution in [1.82, 2.24) is 15.1 Å². The number of rotatable bonds is 5. The van der Waals surface area contributed by atoms with Crippen molar-refractivity contribution < 1.29 is 8.42 Å². The maximum absolute atomic E-state index is 11.6. The lowest BCUT2D eigenvalue weighted by Gasteiger charge is -2.10. The Morgan fingerprint density at radius 2 is 2.15 bits per heavy atom.